The molecule has 1 aromatic heterocycles. The highest BCUT2D eigenvalue weighted by atomic mass is 79.9. The van der Waals surface area contributed by atoms with E-state index in [2.05, 4.69) is 52.0 Å². The van der Waals surface area contributed by atoms with Crippen LogP contribution in [0.1, 0.15) is 33.6 Å². The van der Waals surface area contributed by atoms with Crippen molar-refractivity contribution in [3.63, 3.8) is 0 Å². The standard InChI is InChI=1S/C15H25BrN4O/c1-4-17-12-6-5-7-19(10-12)13-8-18-20(9-11(2)3)15(21)14(13)16/h8,11-12,17H,4-7,9-10H2,1-3H3. The number of likely N-dealkylation sites (N-methyl/N-ethyl adjacent to an activating group) is 1. The van der Waals surface area contributed by atoms with Gasteiger partial charge in [-0.05, 0) is 41.2 Å². The van der Waals surface area contributed by atoms with Gasteiger partial charge in [-0.3, -0.25) is 4.79 Å². The third-order valence-electron chi connectivity index (χ3n) is 3.76. The molecule has 1 N–H and O–H groups in total. The van der Waals surface area contributed by atoms with E-state index in [0.717, 1.165) is 31.7 Å². The van der Waals surface area contributed by atoms with Crippen molar-refractivity contribution in [1.82, 2.24) is 15.1 Å². The van der Waals surface area contributed by atoms with Gasteiger partial charge in [-0.2, -0.15) is 5.10 Å². The molecule has 21 heavy (non-hydrogen) atoms. The maximum Gasteiger partial charge on any atom is 0.283 e. The topological polar surface area (TPSA) is 50.2 Å². The van der Waals surface area contributed by atoms with Crippen LogP contribution in [0.15, 0.2) is 15.5 Å². The van der Waals surface area contributed by atoms with Gasteiger partial charge >= 0.3 is 0 Å². The highest BCUT2D eigenvalue weighted by Gasteiger charge is 2.22. The lowest BCUT2D eigenvalue weighted by Crippen LogP contribution is -2.46. The van der Waals surface area contributed by atoms with Crippen LogP contribution in [-0.4, -0.2) is 35.5 Å². The smallest absolute Gasteiger partial charge is 0.283 e. The van der Waals surface area contributed by atoms with Crippen LogP contribution in [0.2, 0.25) is 0 Å². The van der Waals surface area contributed by atoms with Crippen LogP contribution in [-0.2, 0) is 6.54 Å². The van der Waals surface area contributed by atoms with Crippen molar-refractivity contribution in [2.24, 2.45) is 5.92 Å². The van der Waals surface area contributed by atoms with Crippen molar-refractivity contribution in [2.75, 3.05) is 24.5 Å². The Labute approximate surface area is 134 Å². The van der Waals surface area contributed by atoms with Crippen LogP contribution in [0.5, 0.6) is 0 Å². The van der Waals surface area contributed by atoms with Gasteiger partial charge in [-0.1, -0.05) is 20.8 Å². The summed E-state index contributed by atoms with van der Waals surface area (Å²) < 4.78 is 2.18. The largest absolute Gasteiger partial charge is 0.368 e. The van der Waals surface area contributed by atoms with Crippen molar-refractivity contribution in [2.45, 2.75) is 46.2 Å². The molecule has 118 valence electrons. The average Bonchev–Trinajstić information content (AvgIpc) is 2.44. The Morgan fingerprint density at radius 2 is 2.29 bits per heavy atom. The Morgan fingerprint density at radius 3 is 2.95 bits per heavy atom. The van der Waals surface area contributed by atoms with E-state index in [1.54, 1.807) is 4.68 Å². The number of hydrogen-bond acceptors (Lipinski definition) is 4. The van der Waals surface area contributed by atoms with E-state index in [1.165, 1.54) is 6.42 Å². The first-order valence-corrected chi connectivity index (χ1v) is 8.56. The fraction of sp³-hybridized carbons (Fsp3) is 0.733. The minimum Gasteiger partial charge on any atom is -0.368 e. The Morgan fingerprint density at radius 1 is 1.52 bits per heavy atom. The summed E-state index contributed by atoms with van der Waals surface area (Å²) in [4.78, 5) is 14.6. The second-order valence-electron chi connectivity index (χ2n) is 6.07. The average molecular weight is 357 g/mol. The fourth-order valence-corrected chi connectivity index (χ4v) is 3.36. The molecule has 1 atom stereocenters. The molecule has 1 saturated heterocycles. The number of nitrogens with one attached hydrogen (secondary N) is 1. The van der Waals surface area contributed by atoms with E-state index in [1.807, 2.05) is 6.20 Å². The van der Waals surface area contributed by atoms with E-state index in [4.69, 9.17) is 0 Å². The summed E-state index contributed by atoms with van der Waals surface area (Å²) in [5, 5.41) is 7.83. The first kappa shape index (κ1) is 16.5. The first-order valence-electron chi connectivity index (χ1n) is 7.76. The van der Waals surface area contributed by atoms with Crippen molar-refractivity contribution in [1.29, 1.82) is 0 Å². The van der Waals surface area contributed by atoms with Crippen molar-refractivity contribution < 1.29 is 0 Å². The molecular weight excluding hydrogens is 332 g/mol. The molecule has 5 nitrogen and oxygen atoms in total. The number of hydrogen-bond donors (Lipinski definition) is 1. The summed E-state index contributed by atoms with van der Waals surface area (Å²) in [6.45, 7) is 9.84. The van der Waals surface area contributed by atoms with Crippen LogP contribution >= 0.6 is 15.9 Å². The van der Waals surface area contributed by atoms with Crippen molar-refractivity contribution in [3.05, 3.63) is 21.0 Å². The molecule has 0 aliphatic carbocycles. The quantitative estimate of drug-likeness (QED) is 0.878. The molecule has 0 amide bonds. The van der Waals surface area contributed by atoms with Crippen LogP contribution in [0, 0.1) is 5.92 Å². The molecule has 2 rings (SSSR count). The van der Waals surface area contributed by atoms with Gasteiger partial charge in [-0.25, -0.2) is 4.68 Å². The van der Waals surface area contributed by atoms with Crippen molar-refractivity contribution >= 4 is 21.6 Å². The van der Waals surface area contributed by atoms with Crippen LogP contribution in [0.3, 0.4) is 0 Å². The molecule has 1 aliphatic rings. The molecule has 0 radical (unpaired) electrons. The summed E-state index contributed by atoms with van der Waals surface area (Å²) in [6.07, 6.45) is 4.15. The monoisotopic (exact) mass is 356 g/mol. The Balaban J connectivity index is 2.20. The van der Waals surface area contributed by atoms with E-state index < -0.39 is 0 Å². The third-order valence-corrected chi connectivity index (χ3v) is 4.50. The van der Waals surface area contributed by atoms with Gasteiger partial charge in [0.15, 0.2) is 0 Å². The summed E-state index contributed by atoms with van der Waals surface area (Å²) in [7, 11) is 0. The summed E-state index contributed by atoms with van der Waals surface area (Å²) in [5.74, 6) is 0.404. The minimum atomic E-state index is -0.0354. The molecule has 2 heterocycles. The molecule has 1 fully saturated rings. The third kappa shape index (κ3) is 4.07. The maximum atomic E-state index is 12.4. The molecular formula is C15H25BrN4O. The van der Waals surface area contributed by atoms with E-state index in [9.17, 15) is 4.79 Å². The van der Waals surface area contributed by atoms with Gasteiger partial charge in [0.2, 0.25) is 0 Å². The summed E-state index contributed by atoms with van der Waals surface area (Å²) >= 11 is 3.48. The Kier molecular flexibility index (Phi) is 5.81. The SMILES string of the molecule is CCNC1CCCN(c2cnn(CC(C)C)c(=O)c2Br)C1. The zero-order chi connectivity index (χ0) is 15.4. The Hall–Kier alpha value is -0.880. The number of anilines is 1. The predicted octanol–water partition coefficient (Wildman–Crippen LogP) is 2.24. The molecule has 0 aromatic carbocycles. The predicted molar refractivity (Wildman–Crippen MR) is 89.9 cm³/mol. The number of halogens is 1. The number of piperidine rings is 1. The molecule has 0 spiro atoms. The lowest BCUT2D eigenvalue weighted by Gasteiger charge is -2.35. The highest BCUT2D eigenvalue weighted by molar-refractivity contribution is 9.10. The minimum absolute atomic E-state index is 0.0354. The first-order chi connectivity index (χ1) is 10.0. The second kappa shape index (κ2) is 7.40. The van der Waals surface area contributed by atoms with E-state index >= 15 is 0 Å². The van der Waals surface area contributed by atoms with Gasteiger partial charge in [0, 0.05) is 25.7 Å². The molecule has 1 aromatic rings. The highest BCUT2D eigenvalue weighted by Crippen LogP contribution is 2.25. The van der Waals surface area contributed by atoms with Gasteiger partial charge in [-0.15, -0.1) is 0 Å². The van der Waals surface area contributed by atoms with Gasteiger partial charge in [0.05, 0.1) is 11.9 Å². The summed E-state index contributed by atoms with van der Waals surface area (Å²) in [5.41, 5.74) is 0.884. The van der Waals surface area contributed by atoms with Crippen LogP contribution < -0.4 is 15.8 Å². The molecule has 1 aliphatic heterocycles. The zero-order valence-corrected chi connectivity index (χ0v) is 14.7. The van der Waals surface area contributed by atoms with Crippen LogP contribution in [0.25, 0.3) is 0 Å². The Bertz CT molecular complexity index is 527. The van der Waals surface area contributed by atoms with E-state index in [0.29, 0.717) is 23.0 Å². The fourth-order valence-electron chi connectivity index (χ4n) is 2.80. The normalized spacial score (nSPS) is 19.3. The number of aromatic nitrogens is 2. The summed E-state index contributed by atoms with van der Waals surface area (Å²) in [6, 6.07) is 0.494. The van der Waals surface area contributed by atoms with E-state index in [-0.39, 0.29) is 5.56 Å². The maximum absolute atomic E-state index is 12.4. The van der Waals surface area contributed by atoms with Crippen molar-refractivity contribution in [3.8, 4) is 0 Å². The second-order valence-corrected chi connectivity index (χ2v) is 6.86. The number of rotatable bonds is 5. The molecule has 0 bridgehead atoms. The molecule has 6 heteroatoms. The van der Waals surface area contributed by atoms with Crippen LogP contribution in [0.4, 0.5) is 5.69 Å². The zero-order valence-electron chi connectivity index (χ0n) is 13.1. The number of nitrogens with zero attached hydrogens (tertiary/aromatic N) is 3. The molecule has 0 saturated carbocycles. The lowest BCUT2D eigenvalue weighted by molar-refractivity contribution is 0.428. The van der Waals surface area contributed by atoms with Gasteiger partial charge in [0.1, 0.15) is 4.47 Å². The lowest BCUT2D eigenvalue weighted by atomic mass is 10.1. The molecule has 1 unspecified atom stereocenters. The van der Waals surface area contributed by atoms with Gasteiger partial charge < -0.3 is 10.2 Å². The van der Waals surface area contributed by atoms with Gasteiger partial charge in [0.25, 0.3) is 5.56 Å².